The van der Waals surface area contributed by atoms with Crippen LogP contribution in [0.4, 0.5) is 0 Å². The van der Waals surface area contributed by atoms with E-state index in [0.717, 1.165) is 10.0 Å². The van der Waals surface area contributed by atoms with Gasteiger partial charge < -0.3 is 4.52 Å². The smallest absolute Gasteiger partial charge is 0.242 e. The zero-order chi connectivity index (χ0) is 18.7. The van der Waals surface area contributed by atoms with E-state index in [1.165, 1.54) is 6.07 Å². The van der Waals surface area contributed by atoms with Gasteiger partial charge in [0, 0.05) is 20.1 Å². The Balaban J connectivity index is 1.66. The highest BCUT2D eigenvalue weighted by atomic mass is 79.9. The third-order valence-corrected chi connectivity index (χ3v) is 5.71. The molecule has 0 radical (unpaired) electrons. The van der Waals surface area contributed by atoms with Crippen molar-refractivity contribution in [2.24, 2.45) is 0 Å². The fourth-order valence-corrected chi connectivity index (χ4v) is 4.20. The molecule has 2 aromatic carbocycles. The maximum Gasteiger partial charge on any atom is 0.242 e. The fraction of sp³-hybridized carbons (Fsp3) is 0.125. The van der Waals surface area contributed by atoms with E-state index in [0.29, 0.717) is 16.4 Å². The van der Waals surface area contributed by atoms with Crippen LogP contribution >= 0.6 is 39.1 Å². The molecule has 1 N–H and O–H groups in total. The van der Waals surface area contributed by atoms with Crippen LogP contribution in [0.15, 0.2) is 51.5 Å². The predicted molar refractivity (Wildman–Crippen MR) is 103 cm³/mol. The Labute approximate surface area is 168 Å². The largest absolute Gasteiger partial charge is 0.338 e. The molecule has 3 rings (SSSR count). The van der Waals surface area contributed by atoms with Crippen molar-refractivity contribution in [2.75, 3.05) is 0 Å². The summed E-state index contributed by atoms with van der Waals surface area (Å²) in [5.74, 6) is 0.252. The monoisotopic (exact) mass is 475 g/mol. The normalized spacial score (nSPS) is 11.7. The Morgan fingerprint density at radius 3 is 2.69 bits per heavy atom. The van der Waals surface area contributed by atoms with Gasteiger partial charge in [-0.25, -0.2) is 13.1 Å². The molecule has 0 amide bonds. The van der Waals surface area contributed by atoms with Gasteiger partial charge in [-0.1, -0.05) is 62.5 Å². The summed E-state index contributed by atoms with van der Waals surface area (Å²) in [6.07, 6.45) is 0. The summed E-state index contributed by atoms with van der Waals surface area (Å²) < 4.78 is 32.9. The number of sulfonamides is 1. The van der Waals surface area contributed by atoms with Gasteiger partial charge in [-0.3, -0.25) is 0 Å². The third kappa shape index (κ3) is 5.05. The zero-order valence-electron chi connectivity index (χ0n) is 13.1. The van der Waals surface area contributed by atoms with Crippen molar-refractivity contribution in [3.05, 3.63) is 68.4 Å². The average molecular weight is 477 g/mol. The number of nitrogens with one attached hydrogen (secondary N) is 1. The van der Waals surface area contributed by atoms with Gasteiger partial charge >= 0.3 is 0 Å². The number of hydrogen-bond donors (Lipinski definition) is 1. The summed E-state index contributed by atoms with van der Waals surface area (Å²) in [4.78, 5) is 4.19. The first-order valence-electron chi connectivity index (χ1n) is 7.32. The van der Waals surface area contributed by atoms with Crippen LogP contribution in [0.2, 0.25) is 10.0 Å². The highest BCUT2D eigenvalue weighted by Gasteiger charge is 2.16. The van der Waals surface area contributed by atoms with E-state index >= 15 is 0 Å². The lowest BCUT2D eigenvalue weighted by Crippen LogP contribution is -2.25. The van der Waals surface area contributed by atoms with Crippen LogP contribution in [-0.4, -0.2) is 18.6 Å². The van der Waals surface area contributed by atoms with Crippen LogP contribution in [0.1, 0.15) is 11.5 Å². The van der Waals surface area contributed by atoms with Gasteiger partial charge in [0.05, 0.1) is 12.3 Å². The molecule has 0 fully saturated rings. The first-order valence-corrected chi connectivity index (χ1v) is 10.5. The lowest BCUT2D eigenvalue weighted by molar-refractivity contribution is 0.376. The molecule has 0 bridgehead atoms. The summed E-state index contributed by atoms with van der Waals surface area (Å²) in [5, 5.41) is 4.59. The third-order valence-electron chi connectivity index (χ3n) is 3.35. The van der Waals surface area contributed by atoms with Crippen molar-refractivity contribution >= 4 is 49.2 Å². The minimum Gasteiger partial charge on any atom is -0.338 e. The number of halogens is 3. The minimum atomic E-state index is -3.64. The molecule has 0 unspecified atom stereocenters. The highest BCUT2D eigenvalue weighted by molar-refractivity contribution is 9.10. The van der Waals surface area contributed by atoms with E-state index in [2.05, 4.69) is 30.8 Å². The molecule has 26 heavy (non-hydrogen) atoms. The molecule has 1 aromatic heterocycles. The molecular formula is C16H12BrCl2N3O3S. The Morgan fingerprint density at radius 2 is 1.96 bits per heavy atom. The van der Waals surface area contributed by atoms with Gasteiger partial charge in [-0.15, -0.1) is 0 Å². The number of benzene rings is 2. The average Bonchev–Trinajstić information content (AvgIpc) is 3.05. The molecule has 3 aromatic rings. The van der Waals surface area contributed by atoms with Crippen molar-refractivity contribution in [2.45, 2.75) is 12.3 Å². The first-order chi connectivity index (χ1) is 12.3. The van der Waals surface area contributed by atoms with Gasteiger partial charge in [0.1, 0.15) is 0 Å². The van der Waals surface area contributed by atoms with Crippen LogP contribution < -0.4 is 4.72 Å². The number of hydrogen-bond acceptors (Lipinski definition) is 5. The maximum absolute atomic E-state index is 12.2. The van der Waals surface area contributed by atoms with E-state index in [1.807, 2.05) is 24.3 Å². The maximum atomic E-state index is 12.2. The SMILES string of the molecule is O=S(=O)(Cc1ccc(Cl)cc1Cl)NCc1nc(-c2cccc(Br)c2)no1. The molecule has 0 aliphatic carbocycles. The lowest BCUT2D eigenvalue weighted by atomic mass is 10.2. The Morgan fingerprint density at radius 1 is 1.15 bits per heavy atom. The molecule has 0 saturated carbocycles. The number of rotatable bonds is 6. The summed E-state index contributed by atoms with van der Waals surface area (Å²) >= 11 is 15.2. The molecule has 0 spiro atoms. The van der Waals surface area contributed by atoms with Crippen molar-refractivity contribution < 1.29 is 12.9 Å². The van der Waals surface area contributed by atoms with Crippen LogP contribution in [0.5, 0.6) is 0 Å². The summed E-state index contributed by atoms with van der Waals surface area (Å²) in [5.41, 5.74) is 1.20. The van der Waals surface area contributed by atoms with Crippen molar-refractivity contribution in [3.8, 4) is 11.4 Å². The standard InChI is InChI=1S/C16H12BrCl2N3O3S/c17-12-3-1-2-10(6-12)16-21-15(25-22-16)8-20-26(23,24)9-11-4-5-13(18)7-14(11)19/h1-7,20H,8-9H2. The second kappa shape index (κ2) is 8.06. The molecule has 0 aliphatic heterocycles. The zero-order valence-corrected chi connectivity index (χ0v) is 17.0. The van der Waals surface area contributed by atoms with E-state index in [1.54, 1.807) is 12.1 Å². The van der Waals surface area contributed by atoms with E-state index in [4.69, 9.17) is 27.7 Å². The first kappa shape index (κ1) is 19.3. The molecule has 0 atom stereocenters. The van der Waals surface area contributed by atoms with Crippen LogP contribution in [0.3, 0.4) is 0 Å². The lowest BCUT2D eigenvalue weighted by Gasteiger charge is -2.06. The van der Waals surface area contributed by atoms with Gasteiger partial charge in [-0.05, 0) is 29.8 Å². The van der Waals surface area contributed by atoms with Crippen molar-refractivity contribution in [3.63, 3.8) is 0 Å². The second-order valence-electron chi connectivity index (χ2n) is 5.34. The van der Waals surface area contributed by atoms with Crippen molar-refractivity contribution in [1.82, 2.24) is 14.9 Å². The van der Waals surface area contributed by atoms with E-state index < -0.39 is 10.0 Å². The molecule has 136 valence electrons. The second-order valence-corrected chi connectivity index (χ2v) is 8.90. The summed E-state index contributed by atoms with van der Waals surface area (Å²) in [7, 11) is -3.64. The van der Waals surface area contributed by atoms with Gasteiger partial charge in [0.15, 0.2) is 0 Å². The topological polar surface area (TPSA) is 85.1 Å². The highest BCUT2D eigenvalue weighted by Crippen LogP contribution is 2.23. The molecule has 0 aliphatic rings. The number of nitrogens with zero attached hydrogens (tertiary/aromatic N) is 2. The van der Waals surface area contributed by atoms with Crippen LogP contribution in [0, 0.1) is 0 Å². The number of aromatic nitrogens is 2. The molecular weight excluding hydrogens is 465 g/mol. The molecule has 10 heteroatoms. The molecule has 1 heterocycles. The predicted octanol–water partition coefficient (Wildman–Crippen LogP) is 4.43. The quantitative estimate of drug-likeness (QED) is 0.568. The van der Waals surface area contributed by atoms with Crippen LogP contribution in [-0.2, 0) is 22.3 Å². The summed E-state index contributed by atoms with van der Waals surface area (Å²) in [6, 6.07) is 12.0. The van der Waals surface area contributed by atoms with Gasteiger partial charge in [-0.2, -0.15) is 4.98 Å². The van der Waals surface area contributed by atoms with E-state index in [-0.39, 0.29) is 23.2 Å². The molecule has 0 saturated heterocycles. The molecule has 6 nitrogen and oxygen atoms in total. The van der Waals surface area contributed by atoms with Gasteiger partial charge in [0.2, 0.25) is 21.7 Å². The van der Waals surface area contributed by atoms with E-state index in [9.17, 15) is 8.42 Å². The Bertz CT molecular complexity index is 1040. The minimum absolute atomic E-state index is 0.117. The summed E-state index contributed by atoms with van der Waals surface area (Å²) in [6.45, 7) is -0.117. The van der Waals surface area contributed by atoms with Crippen LogP contribution in [0.25, 0.3) is 11.4 Å². The fourth-order valence-electron chi connectivity index (χ4n) is 2.14. The Hall–Kier alpha value is -1.45. The van der Waals surface area contributed by atoms with Crippen molar-refractivity contribution in [1.29, 1.82) is 0 Å². The Kier molecular flexibility index (Phi) is 5.99. The van der Waals surface area contributed by atoms with Gasteiger partial charge in [0.25, 0.3) is 0 Å².